The first-order valence-electron chi connectivity index (χ1n) is 10.8. The Hall–Kier alpha value is -2.43. The summed E-state index contributed by atoms with van der Waals surface area (Å²) in [6, 6.07) is 11.0. The van der Waals surface area contributed by atoms with Gasteiger partial charge < -0.3 is 20.9 Å². The van der Waals surface area contributed by atoms with E-state index in [4.69, 9.17) is 0 Å². The number of carbonyl (C=O) groups excluding carboxylic acids is 1. The average molecular weight is 552 g/mol. The number of rotatable bonds is 6. The molecule has 1 unspecified atom stereocenters. The summed E-state index contributed by atoms with van der Waals surface area (Å²) >= 11 is 0. The molecule has 1 aromatic carbocycles. The molecule has 1 aromatic heterocycles. The van der Waals surface area contributed by atoms with E-state index in [1.165, 1.54) is 6.07 Å². The van der Waals surface area contributed by atoms with E-state index in [1.54, 1.807) is 19.3 Å². The monoisotopic (exact) mass is 552 g/mol. The summed E-state index contributed by atoms with van der Waals surface area (Å²) in [4.78, 5) is 22.6. The van der Waals surface area contributed by atoms with Gasteiger partial charge in [-0.25, -0.2) is 9.37 Å². The van der Waals surface area contributed by atoms with Crippen molar-refractivity contribution >= 4 is 47.3 Å². The van der Waals surface area contributed by atoms with E-state index in [9.17, 15) is 9.18 Å². The number of amides is 1. The van der Waals surface area contributed by atoms with Crippen LogP contribution in [0.5, 0.6) is 0 Å². The second-order valence-electron chi connectivity index (χ2n) is 8.13. The quantitative estimate of drug-likeness (QED) is 0.291. The minimum Gasteiger partial charge on any atom is -0.352 e. The van der Waals surface area contributed by atoms with Crippen LogP contribution in [0.4, 0.5) is 15.9 Å². The van der Waals surface area contributed by atoms with Gasteiger partial charge in [0.25, 0.3) is 0 Å². The van der Waals surface area contributed by atoms with Gasteiger partial charge in [-0.05, 0) is 49.1 Å². The topological polar surface area (TPSA) is 81.6 Å². The summed E-state index contributed by atoms with van der Waals surface area (Å²) in [6.07, 6.45) is 5.60. The normalized spacial score (nSPS) is 18.5. The standard InChI is InChI=1S/C23H29FN6O.HI/c1-25-23(29-19-10-12-30(15-19)21-20(24)9-4-11-26-21)27-14-16-5-2-8-18(13-16)28-22(31)17-6-3-7-17;/h2,4-5,8-9,11,13,17,19H,3,6-7,10,12,14-15H2,1H3,(H,28,31)(H2,25,27,29);1H. The van der Waals surface area contributed by atoms with Crippen LogP contribution in [0.25, 0.3) is 0 Å². The van der Waals surface area contributed by atoms with Gasteiger partial charge in [0.15, 0.2) is 17.6 Å². The molecule has 2 aliphatic rings. The molecule has 0 bridgehead atoms. The number of aromatic nitrogens is 1. The Morgan fingerprint density at radius 1 is 1.25 bits per heavy atom. The molecule has 0 spiro atoms. The number of benzene rings is 1. The number of nitrogens with one attached hydrogen (secondary N) is 3. The van der Waals surface area contributed by atoms with E-state index in [-0.39, 0.29) is 47.7 Å². The van der Waals surface area contributed by atoms with Crippen molar-refractivity contribution in [3.8, 4) is 0 Å². The zero-order chi connectivity index (χ0) is 21.6. The summed E-state index contributed by atoms with van der Waals surface area (Å²) in [7, 11) is 1.73. The molecule has 2 aromatic rings. The van der Waals surface area contributed by atoms with E-state index in [0.29, 0.717) is 24.9 Å². The predicted molar refractivity (Wildman–Crippen MR) is 136 cm³/mol. The van der Waals surface area contributed by atoms with E-state index < -0.39 is 0 Å². The molecule has 172 valence electrons. The fraction of sp³-hybridized carbons (Fsp3) is 0.435. The van der Waals surface area contributed by atoms with Crippen molar-refractivity contribution in [2.75, 3.05) is 30.4 Å². The Kier molecular flexibility index (Phi) is 8.66. The first-order chi connectivity index (χ1) is 15.1. The lowest BCUT2D eigenvalue weighted by atomic mass is 9.85. The maximum Gasteiger partial charge on any atom is 0.227 e. The lowest BCUT2D eigenvalue weighted by molar-refractivity contribution is -0.122. The Balaban J connectivity index is 0.00000289. The molecule has 0 radical (unpaired) electrons. The zero-order valence-electron chi connectivity index (χ0n) is 18.2. The van der Waals surface area contributed by atoms with Crippen LogP contribution < -0.4 is 20.9 Å². The van der Waals surface area contributed by atoms with Crippen LogP contribution in [0, 0.1) is 11.7 Å². The van der Waals surface area contributed by atoms with Crippen LogP contribution in [0.3, 0.4) is 0 Å². The predicted octanol–water partition coefficient (Wildman–Crippen LogP) is 3.52. The van der Waals surface area contributed by atoms with Crippen LogP contribution in [0.1, 0.15) is 31.2 Å². The maximum absolute atomic E-state index is 14.0. The van der Waals surface area contributed by atoms with Gasteiger partial charge in [0.05, 0.1) is 0 Å². The second-order valence-corrected chi connectivity index (χ2v) is 8.13. The number of pyridine rings is 1. The number of hydrogen-bond donors (Lipinski definition) is 3. The van der Waals surface area contributed by atoms with Gasteiger partial charge in [-0.15, -0.1) is 24.0 Å². The third-order valence-corrected chi connectivity index (χ3v) is 5.92. The highest BCUT2D eigenvalue weighted by Gasteiger charge is 2.26. The van der Waals surface area contributed by atoms with E-state index in [1.807, 2.05) is 29.2 Å². The van der Waals surface area contributed by atoms with E-state index >= 15 is 0 Å². The number of aliphatic imine (C=N–C) groups is 1. The van der Waals surface area contributed by atoms with Crippen LogP contribution >= 0.6 is 24.0 Å². The van der Waals surface area contributed by atoms with E-state index in [0.717, 1.165) is 43.5 Å². The van der Waals surface area contributed by atoms with Crippen molar-refractivity contribution in [1.82, 2.24) is 15.6 Å². The summed E-state index contributed by atoms with van der Waals surface area (Å²) in [5.41, 5.74) is 1.88. The molecular formula is C23H30FIN6O. The van der Waals surface area contributed by atoms with Gasteiger partial charge in [-0.1, -0.05) is 18.6 Å². The lowest BCUT2D eigenvalue weighted by Gasteiger charge is -2.24. The highest BCUT2D eigenvalue weighted by molar-refractivity contribution is 14.0. The molecule has 1 amide bonds. The minimum absolute atomic E-state index is 0. The second kappa shape index (κ2) is 11.4. The number of nitrogens with zero attached hydrogens (tertiary/aromatic N) is 3. The molecule has 1 aliphatic heterocycles. The number of hydrogen-bond acceptors (Lipinski definition) is 4. The number of anilines is 2. The smallest absolute Gasteiger partial charge is 0.227 e. The van der Waals surface area contributed by atoms with Gasteiger partial charge in [-0.2, -0.15) is 0 Å². The third kappa shape index (κ3) is 6.08. The molecule has 4 rings (SSSR count). The van der Waals surface area contributed by atoms with Crippen molar-refractivity contribution in [3.05, 3.63) is 54.0 Å². The van der Waals surface area contributed by atoms with Crippen LogP contribution in [-0.2, 0) is 11.3 Å². The third-order valence-electron chi connectivity index (χ3n) is 5.92. The first kappa shape index (κ1) is 24.2. The average Bonchev–Trinajstić information content (AvgIpc) is 3.18. The van der Waals surface area contributed by atoms with Crippen molar-refractivity contribution < 1.29 is 9.18 Å². The van der Waals surface area contributed by atoms with E-state index in [2.05, 4.69) is 25.9 Å². The highest BCUT2D eigenvalue weighted by Crippen LogP contribution is 2.27. The van der Waals surface area contributed by atoms with Gasteiger partial charge in [0, 0.05) is 50.5 Å². The lowest BCUT2D eigenvalue weighted by Crippen LogP contribution is -2.44. The van der Waals surface area contributed by atoms with Crippen LogP contribution in [-0.4, -0.2) is 43.0 Å². The number of guanidine groups is 1. The molecule has 1 saturated heterocycles. The SMILES string of the molecule is CN=C(NCc1cccc(NC(=O)C2CCC2)c1)NC1CCN(c2ncccc2F)C1.I. The Morgan fingerprint density at radius 2 is 2.09 bits per heavy atom. The molecule has 1 aliphatic carbocycles. The molecule has 2 fully saturated rings. The Labute approximate surface area is 205 Å². The molecule has 7 nitrogen and oxygen atoms in total. The molecule has 1 atom stereocenters. The van der Waals surface area contributed by atoms with Crippen LogP contribution in [0.15, 0.2) is 47.6 Å². The molecule has 9 heteroatoms. The fourth-order valence-electron chi connectivity index (χ4n) is 3.93. The van der Waals surface area contributed by atoms with Gasteiger partial charge >= 0.3 is 0 Å². The molecule has 32 heavy (non-hydrogen) atoms. The first-order valence-corrected chi connectivity index (χ1v) is 10.8. The zero-order valence-corrected chi connectivity index (χ0v) is 20.5. The maximum atomic E-state index is 14.0. The Morgan fingerprint density at radius 3 is 2.81 bits per heavy atom. The summed E-state index contributed by atoms with van der Waals surface area (Å²) in [5.74, 6) is 1.07. The molecular weight excluding hydrogens is 522 g/mol. The summed E-state index contributed by atoms with van der Waals surface area (Å²) < 4.78 is 14.0. The van der Waals surface area contributed by atoms with Crippen molar-refractivity contribution in [3.63, 3.8) is 0 Å². The van der Waals surface area contributed by atoms with Gasteiger partial charge in [-0.3, -0.25) is 9.79 Å². The summed E-state index contributed by atoms with van der Waals surface area (Å²) in [6.45, 7) is 1.99. The van der Waals surface area contributed by atoms with Crippen LogP contribution in [0.2, 0.25) is 0 Å². The Bertz CT molecular complexity index is 952. The number of halogens is 2. The fourth-order valence-corrected chi connectivity index (χ4v) is 3.93. The molecule has 1 saturated carbocycles. The molecule has 3 N–H and O–H groups in total. The number of carbonyl (C=O) groups is 1. The summed E-state index contributed by atoms with van der Waals surface area (Å²) in [5, 5.41) is 9.75. The van der Waals surface area contributed by atoms with Crippen molar-refractivity contribution in [2.45, 2.75) is 38.3 Å². The van der Waals surface area contributed by atoms with Crippen molar-refractivity contribution in [2.24, 2.45) is 10.9 Å². The largest absolute Gasteiger partial charge is 0.352 e. The minimum atomic E-state index is -0.296. The van der Waals surface area contributed by atoms with Gasteiger partial charge in [0.1, 0.15) is 0 Å². The molecule has 2 heterocycles. The van der Waals surface area contributed by atoms with Crippen molar-refractivity contribution in [1.29, 1.82) is 0 Å². The highest BCUT2D eigenvalue weighted by atomic mass is 127. The van der Waals surface area contributed by atoms with Gasteiger partial charge in [0.2, 0.25) is 5.91 Å².